The number of halogens is 1. The summed E-state index contributed by atoms with van der Waals surface area (Å²) in [5.41, 5.74) is 4.62. The summed E-state index contributed by atoms with van der Waals surface area (Å²) in [5.74, 6) is -0.189. The first-order valence-corrected chi connectivity index (χ1v) is 8.31. The summed E-state index contributed by atoms with van der Waals surface area (Å²) >= 11 is 0. The molecule has 1 fully saturated rings. The smallest absolute Gasteiger partial charge is 0.123 e. The van der Waals surface area contributed by atoms with Gasteiger partial charge in [-0.1, -0.05) is 24.3 Å². The lowest BCUT2D eigenvalue weighted by atomic mass is 9.89. The van der Waals surface area contributed by atoms with Gasteiger partial charge in [-0.05, 0) is 62.1 Å². The predicted octanol–water partition coefficient (Wildman–Crippen LogP) is 4.69. The van der Waals surface area contributed by atoms with Gasteiger partial charge >= 0.3 is 0 Å². The summed E-state index contributed by atoms with van der Waals surface area (Å²) in [6, 6.07) is 13.7. The van der Waals surface area contributed by atoms with Gasteiger partial charge in [0.15, 0.2) is 0 Å². The van der Waals surface area contributed by atoms with Crippen molar-refractivity contribution in [3.63, 3.8) is 0 Å². The Hall–Kier alpha value is -1.87. The van der Waals surface area contributed by atoms with Crippen molar-refractivity contribution in [2.75, 3.05) is 18.4 Å². The average molecular weight is 312 g/mol. The van der Waals surface area contributed by atoms with Crippen molar-refractivity contribution in [1.82, 2.24) is 4.90 Å². The van der Waals surface area contributed by atoms with Gasteiger partial charge in [0.2, 0.25) is 0 Å². The molecule has 2 aromatic rings. The molecular weight excluding hydrogens is 287 g/mol. The Morgan fingerprint density at radius 1 is 1.09 bits per heavy atom. The number of benzene rings is 2. The van der Waals surface area contributed by atoms with Gasteiger partial charge in [-0.3, -0.25) is 4.90 Å². The minimum absolute atomic E-state index is 0.109. The Balaban J connectivity index is 1.65. The monoisotopic (exact) mass is 312 g/mol. The van der Waals surface area contributed by atoms with E-state index in [1.807, 2.05) is 6.92 Å². The van der Waals surface area contributed by atoms with Crippen LogP contribution in [0, 0.1) is 12.7 Å². The van der Waals surface area contributed by atoms with Crippen LogP contribution in [0.4, 0.5) is 10.1 Å². The number of anilines is 1. The highest BCUT2D eigenvalue weighted by Crippen LogP contribution is 2.31. The number of nitrogens with one attached hydrogen (secondary N) is 1. The third-order valence-electron chi connectivity index (χ3n) is 4.98. The molecule has 2 nitrogen and oxygen atoms in total. The van der Waals surface area contributed by atoms with Crippen molar-refractivity contribution in [3.05, 3.63) is 65.0 Å². The summed E-state index contributed by atoms with van der Waals surface area (Å²) in [6.07, 6.45) is 1.31. The lowest BCUT2D eigenvalue weighted by molar-refractivity contribution is 0.0533. The Bertz CT molecular complexity index is 673. The van der Waals surface area contributed by atoms with Crippen molar-refractivity contribution in [1.29, 1.82) is 0 Å². The van der Waals surface area contributed by atoms with Crippen LogP contribution in [0.1, 0.15) is 37.0 Å². The first-order valence-electron chi connectivity index (χ1n) is 8.31. The molecule has 3 heteroatoms. The van der Waals surface area contributed by atoms with Crippen LogP contribution in [0.2, 0.25) is 0 Å². The molecule has 0 bridgehead atoms. The fourth-order valence-electron chi connectivity index (χ4n) is 3.11. The van der Waals surface area contributed by atoms with Crippen LogP contribution in [0.3, 0.4) is 0 Å². The predicted molar refractivity (Wildman–Crippen MR) is 94.1 cm³/mol. The lowest BCUT2D eigenvalue weighted by Gasteiger charge is -2.45. The van der Waals surface area contributed by atoms with E-state index in [2.05, 4.69) is 48.3 Å². The first-order chi connectivity index (χ1) is 11.0. The van der Waals surface area contributed by atoms with Gasteiger partial charge in [0.1, 0.15) is 5.82 Å². The van der Waals surface area contributed by atoms with Gasteiger partial charge in [-0.2, -0.15) is 0 Å². The standard InChI is InChI=1S/C20H25FN2/c1-15-13-18(21)9-10-19(15)22-14-16-5-7-17(8-6-16)20(2,3)23-11-4-12-23/h5-10,13,22H,4,11-12,14H2,1-3H3. The quantitative estimate of drug-likeness (QED) is 0.862. The molecule has 1 N–H and O–H groups in total. The second-order valence-electron chi connectivity index (χ2n) is 6.91. The van der Waals surface area contributed by atoms with E-state index in [-0.39, 0.29) is 11.4 Å². The van der Waals surface area contributed by atoms with E-state index in [4.69, 9.17) is 0 Å². The van der Waals surface area contributed by atoms with E-state index in [1.165, 1.54) is 36.7 Å². The molecular formula is C20H25FN2. The molecule has 0 aliphatic carbocycles. The number of aryl methyl sites for hydroxylation is 1. The van der Waals surface area contributed by atoms with Crippen molar-refractivity contribution in [2.24, 2.45) is 0 Å². The molecule has 0 saturated carbocycles. The molecule has 0 radical (unpaired) electrons. The Kier molecular flexibility index (Phi) is 4.40. The Labute approximate surface area is 138 Å². The largest absolute Gasteiger partial charge is 0.381 e. The van der Waals surface area contributed by atoms with Gasteiger partial charge in [0, 0.05) is 30.9 Å². The normalized spacial score (nSPS) is 15.3. The maximum atomic E-state index is 13.1. The molecule has 1 saturated heterocycles. The van der Waals surface area contributed by atoms with Crippen molar-refractivity contribution < 1.29 is 4.39 Å². The van der Waals surface area contributed by atoms with Crippen LogP contribution in [-0.2, 0) is 12.1 Å². The molecule has 122 valence electrons. The molecule has 0 amide bonds. The zero-order chi connectivity index (χ0) is 16.4. The highest BCUT2D eigenvalue weighted by molar-refractivity contribution is 5.51. The van der Waals surface area contributed by atoms with Gasteiger partial charge < -0.3 is 5.32 Å². The zero-order valence-electron chi connectivity index (χ0n) is 14.2. The van der Waals surface area contributed by atoms with Crippen LogP contribution >= 0.6 is 0 Å². The van der Waals surface area contributed by atoms with Gasteiger partial charge in [0.05, 0.1) is 0 Å². The Morgan fingerprint density at radius 2 is 1.78 bits per heavy atom. The van der Waals surface area contributed by atoms with E-state index in [0.29, 0.717) is 0 Å². The van der Waals surface area contributed by atoms with Crippen LogP contribution in [-0.4, -0.2) is 18.0 Å². The van der Waals surface area contributed by atoms with E-state index in [1.54, 1.807) is 12.1 Å². The van der Waals surface area contributed by atoms with E-state index in [0.717, 1.165) is 17.8 Å². The van der Waals surface area contributed by atoms with Crippen LogP contribution in [0.5, 0.6) is 0 Å². The van der Waals surface area contributed by atoms with Crippen LogP contribution in [0.25, 0.3) is 0 Å². The number of rotatable bonds is 5. The zero-order valence-corrected chi connectivity index (χ0v) is 14.2. The van der Waals surface area contributed by atoms with Crippen molar-refractivity contribution in [2.45, 2.75) is 39.3 Å². The first kappa shape index (κ1) is 16.0. The second kappa shape index (κ2) is 6.32. The summed E-state index contributed by atoms with van der Waals surface area (Å²) in [7, 11) is 0. The summed E-state index contributed by atoms with van der Waals surface area (Å²) < 4.78 is 13.1. The number of nitrogens with zero attached hydrogens (tertiary/aromatic N) is 1. The maximum absolute atomic E-state index is 13.1. The third-order valence-corrected chi connectivity index (χ3v) is 4.98. The summed E-state index contributed by atoms with van der Waals surface area (Å²) in [5, 5.41) is 3.38. The van der Waals surface area contributed by atoms with E-state index >= 15 is 0 Å². The molecule has 2 aromatic carbocycles. The fourth-order valence-corrected chi connectivity index (χ4v) is 3.11. The topological polar surface area (TPSA) is 15.3 Å². The Morgan fingerprint density at radius 3 is 2.35 bits per heavy atom. The summed E-state index contributed by atoms with van der Waals surface area (Å²) in [4.78, 5) is 2.52. The lowest BCUT2D eigenvalue weighted by Crippen LogP contribution is -2.49. The molecule has 23 heavy (non-hydrogen) atoms. The molecule has 0 spiro atoms. The van der Waals surface area contributed by atoms with Crippen LogP contribution in [0.15, 0.2) is 42.5 Å². The number of hydrogen-bond donors (Lipinski definition) is 1. The number of hydrogen-bond acceptors (Lipinski definition) is 2. The minimum Gasteiger partial charge on any atom is -0.381 e. The van der Waals surface area contributed by atoms with E-state index in [9.17, 15) is 4.39 Å². The minimum atomic E-state index is -0.189. The van der Waals surface area contributed by atoms with Crippen molar-refractivity contribution in [3.8, 4) is 0 Å². The van der Waals surface area contributed by atoms with Crippen molar-refractivity contribution >= 4 is 5.69 Å². The molecule has 0 unspecified atom stereocenters. The highest BCUT2D eigenvalue weighted by atomic mass is 19.1. The third kappa shape index (κ3) is 3.40. The van der Waals surface area contributed by atoms with Gasteiger partial charge in [-0.15, -0.1) is 0 Å². The molecule has 1 heterocycles. The molecule has 1 aliphatic heterocycles. The fraction of sp³-hybridized carbons (Fsp3) is 0.400. The molecule has 3 rings (SSSR count). The second-order valence-corrected chi connectivity index (χ2v) is 6.91. The molecule has 1 aliphatic rings. The van der Waals surface area contributed by atoms with Gasteiger partial charge in [0.25, 0.3) is 0 Å². The SMILES string of the molecule is Cc1cc(F)ccc1NCc1ccc(C(C)(C)N2CCC2)cc1. The molecule has 0 atom stereocenters. The number of likely N-dealkylation sites (tertiary alicyclic amines) is 1. The highest BCUT2D eigenvalue weighted by Gasteiger charge is 2.32. The summed E-state index contributed by atoms with van der Waals surface area (Å²) in [6.45, 7) is 9.64. The molecule has 0 aromatic heterocycles. The van der Waals surface area contributed by atoms with Crippen LogP contribution < -0.4 is 5.32 Å². The average Bonchev–Trinajstić information content (AvgIpc) is 2.44. The van der Waals surface area contributed by atoms with E-state index < -0.39 is 0 Å². The van der Waals surface area contributed by atoms with Gasteiger partial charge in [-0.25, -0.2) is 4.39 Å². The maximum Gasteiger partial charge on any atom is 0.123 e.